The first-order valence-corrected chi connectivity index (χ1v) is 6.04. The lowest BCUT2D eigenvalue weighted by Gasteiger charge is -2.02. The summed E-state index contributed by atoms with van der Waals surface area (Å²) in [7, 11) is 0. The topological polar surface area (TPSA) is 87.5 Å². The number of nitrogens with zero attached hydrogens (tertiary/aromatic N) is 2. The Kier molecular flexibility index (Phi) is 2.80. The third kappa shape index (κ3) is 1.96. The zero-order valence-electron chi connectivity index (χ0n) is 10.0. The molecule has 2 N–H and O–H groups in total. The maximum absolute atomic E-state index is 11.9. The fourth-order valence-electron chi connectivity index (χ4n) is 1.91. The molecule has 0 unspecified atom stereocenters. The molecule has 0 aliphatic carbocycles. The zero-order valence-corrected chi connectivity index (χ0v) is 10.8. The minimum absolute atomic E-state index is 0.0575. The average Bonchev–Trinajstić information content (AvgIpc) is 2.84. The summed E-state index contributed by atoms with van der Waals surface area (Å²) in [5.74, 6) is -1.15. The van der Waals surface area contributed by atoms with Gasteiger partial charge in [0, 0.05) is 22.8 Å². The van der Waals surface area contributed by atoms with E-state index in [0.717, 1.165) is 4.52 Å². The van der Waals surface area contributed by atoms with Crippen LogP contribution in [0.5, 0.6) is 0 Å². The van der Waals surface area contributed by atoms with Crippen LogP contribution in [0, 0.1) is 0 Å². The van der Waals surface area contributed by atoms with Crippen LogP contribution >= 0.6 is 11.6 Å². The van der Waals surface area contributed by atoms with Gasteiger partial charge in [-0.05, 0) is 12.1 Å². The molecule has 2 heterocycles. The molecule has 0 fully saturated rings. The molecule has 7 heteroatoms. The molecule has 0 aliphatic heterocycles. The third-order valence-electron chi connectivity index (χ3n) is 2.87. The first-order chi connectivity index (χ1) is 9.56. The Morgan fingerprint density at radius 2 is 2.00 bits per heavy atom. The van der Waals surface area contributed by atoms with Crippen LogP contribution < -0.4 is 5.56 Å². The van der Waals surface area contributed by atoms with E-state index in [0.29, 0.717) is 16.3 Å². The number of aromatic amines is 1. The van der Waals surface area contributed by atoms with Crippen LogP contribution in [0.3, 0.4) is 0 Å². The van der Waals surface area contributed by atoms with Crippen molar-refractivity contribution in [2.45, 2.75) is 0 Å². The molecule has 1 aromatic carbocycles. The minimum Gasteiger partial charge on any atom is -0.477 e. The Bertz CT molecular complexity index is 865. The van der Waals surface area contributed by atoms with E-state index in [2.05, 4.69) is 10.1 Å². The molecular weight excluding hydrogens is 282 g/mol. The molecule has 0 radical (unpaired) electrons. The second-order valence-corrected chi connectivity index (χ2v) is 4.57. The third-order valence-corrected chi connectivity index (χ3v) is 3.12. The van der Waals surface area contributed by atoms with Crippen molar-refractivity contribution in [1.82, 2.24) is 14.6 Å². The largest absolute Gasteiger partial charge is 0.477 e. The summed E-state index contributed by atoms with van der Waals surface area (Å²) in [6.45, 7) is 0. The Balaban J connectivity index is 2.27. The van der Waals surface area contributed by atoms with E-state index in [4.69, 9.17) is 16.7 Å². The van der Waals surface area contributed by atoms with Gasteiger partial charge >= 0.3 is 5.97 Å². The number of aromatic nitrogens is 3. The van der Waals surface area contributed by atoms with Crippen molar-refractivity contribution in [3.05, 3.63) is 57.5 Å². The lowest BCUT2D eigenvalue weighted by molar-refractivity contribution is 0.0699. The van der Waals surface area contributed by atoms with Crippen LogP contribution in [-0.4, -0.2) is 25.7 Å². The van der Waals surface area contributed by atoms with Crippen molar-refractivity contribution in [1.29, 1.82) is 0 Å². The van der Waals surface area contributed by atoms with E-state index in [1.807, 2.05) is 0 Å². The van der Waals surface area contributed by atoms with E-state index in [1.165, 1.54) is 12.3 Å². The van der Waals surface area contributed by atoms with Gasteiger partial charge in [0.05, 0.1) is 5.69 Å². The number of halogens is 1. The van der Waals surface area contributed by atoms with E-state index in [1.54, 1.807) is 24.3 Å². The van der Waals surface area contributed by atoms with Gasteiger partial charge in [-0.1, -0.05) is 23.7 Å². The molecule has 100 valence electrons. The second kappa shape index (κ2) is 4.50. The number of carbonyl (C=O) groups is 1. The fourth-order valence-corrected chi connectivity index (χ4v) is 2.03. The van der Waals surface area contributed by atoms with Crippen molar-refractivity contribution < 1.29 is 9.90 Å². The van der Waals surface area contributed by atoms with Gasteiger partial charge in [0.1, 0.15) is 5.56 Å². The van der Waals surface area contributed by atoms with Crippen LogP contribution in [0.1, 0.15) is 10.4 Å². The monoisotopic (exact) mass is 289 g/mol. The molecular formula is C13H8ClN3O3. The standard InChI is InChI=1S/C13H8ClN3O3/c14-8-3-1-7(2-4-8)10-5-11(18)17-12(16-10)9(6-15-17)13(19)20/h1-6,15H,(H,19,20). The molecule has 20 heavy (non-hydrogen) atoms. The molecule has 0 aliphatic rings. The number of carboxylic acids is 1. The van der Waals surface area contributed by atoms with E-state index in [9.17, 15) is 9.59 Å². The minimum atomic E-state index is -1.15. The fraction of sp³-hybridized carbons (Fsp3) is 0. The Morgan fingerprint density at radius 3 is 2.65 bits per heavy atom. The summed E-state index contributed by atoms with van der Waals surface area (Å²) in [5, 5.41) is 12.2. The number of hydrogen-bond acceptors (Lipinski definition) is 3. The predicted octanol–water partition coefficient (Wildman–Crippen LogP) is 2.04. The van der Waals surface area contributed by atoms with E-state index in [-0.39, 0.29) is 16.8 Å². The van der Waals surface area contributed by atoms with Crippen molar-refractivity contribution >= 4 is 23.2 Å². The number of H-pyrrole nitrogens is 1. The number of aromatic carboxylic acids is 1. The summed E-state index contributed by atoms with van der Waals surface area (Å²) in [5.41, 5.74) is 0.723. The lowest BCUT2D eigenvalue weighted by Crippen LogP contribution is -2.15. The van der Waals surface area contributed by atoms with Gasteiger partial charge in [-0.3, -0.25) is 9.89 Å². The van der Waals surface area contributed by atoms with Crippen molar-refractivity contribution in [3.8, 4) is 11.3 Å². The van der Waals surface area contributed by atoms with Crippen molar-refractivity contribution in [2.75, 3.05) is 0 Å². The van der Waals surface area contributed by atoms with Gasteiger partial charge in [-0.15, -0.1) is 0 Å². The molecule has 0 saturated carbocycles. The highest BCUT2D eigenvalue weighted by molar-refractivity contribution is 6.30. The van der Waals surface area contributed by atoms with Crippen LogP contribution in [-0.2, 0) is 0 Å². The van der Waals surface area contributed by atoms with E-state index >= 15 is 0 Å². The van der Waals surface area contributed by atoms with Gasteiger partial charge in [0.25, 0.3) is 5.56 Å². The second-order valence-electron chi connectivity index (χ2n) is 4.14. The quantitative estimate of drug-likeness (QED) is 0.756. The summed E-state index contributed by atoms with van der Waals surface area (Å²) >= 11 is 5.81. The highest BCUT2D eigenvalue weighted by Gasteiger charge is 2.14. The molecule has 0 amide bonds. The molecule has 6 nitrogen and oxygen atoms in total. The predicted molar refractivity (Wildman–Crippen MR) is 73.2 cm³/mol. The first-order valence-electron chi connectivity index (χ1n) is 5.66. The normalized spacial score (nSPS) is 10.8. The Morgan fingerprint density at radius 1 is 1.30 bits per heavy atom. The number of benzene rings is 1. The van der Waals surface area contributed by atoms with Crippen LogP contribution in [0.15, 0.2) is 41.3 Å². The summed E-state index contributed by atoms with van der Waals surface area (Å²) in [4.78, 5) is 27.3. The van der Waals surface area contributed by atoms with Crippen LogP contribution in [0.4, 0.5) is 0 Å². The number of hydrogen-bond donors (Lipinski definition) is 2. The average molecular weight is 290 g/mol. The molecule has 3 aromatic rings. The van der Waals surface area contributed by atoms with Crippen LogP contribution in [0.25, 0.3) is 16.9 Å². The Hall–Kier alpha value is -2.60. The first kappa shape index (κ1) is 12.4. The van der Waals surface area contributed by atoms with Crippen molar-refractivity contribution in [2.24, 2.45) is 0 Å². The smallest absolute Gasteiger partial charge is 0.341 e. The lowest BCUT2D eigenvalue weighted by atomic mass is 10.1. The van der Waals surface area contributed by atoms with Gasteiger partial charge in [0.2, 0.25) is 0 Å². The zero-order chi connectivity index (χ0) is 14.3. The number of fused-ring (bicyclic) bond motifs is 1. The van der Waals surface area contributed by atoms with E-state index < -0.39 is 5.97 Å². The highest BCUT2D eigenvalue weighted by atomic mass is 35.5. The summed E-state index contributed by atoms with van der Waals surface area (Å²) in [6.07, 6.45) is 1.23. The molecule has 2 aromatic heterocycles. The summed E-state index contributed by atoms with van der Waals surface area (Å²) < 4.78 is 1.09. The maximum Gasteiger partial charge on any atom is 0.341 e. The SMILES string of the molecule is O=C(O)c1c[nH]n2c(=O)cc(-c3ccc(Cl)cc3)nc12. The number of carboxylic acid groups (broad SMARTS) is 1. The highest BCUT2D eigenvalue weighted by Crippen LogP contribution is 2.19. The molecule has 3 rings (SSSR count). The van der Waals surface area contributed by atoms with Gasteiger partial charge in [-0.25, -0.2) is 14.3 Å². The molecule has 0 saturated heterocycles. The molecule has 0 spiro atoms. The Labute approximate surface area is 117 Å². The van der Waals surface area contributed by atoms with Gasteiger partial charge in [-0.2, -0.15) is 0 Å². The van der Waals surface area contributed by atoms with Gasteiger partial charge in [0.15, 0.2) is 5.65 Å². The maximum atomic E-state index is 11.9. The van der Waals surface area contributed by atoms with Crippen molar-refractivity contribution in [3.63, 3.8) is 0 Å². The molecule has 0 bridgehead atoms. The summed E-state index contributed by atoms with van der Waals surface area (Å²) in [6, 6.07) is 8.12. The van der Waals surface area contributed by atoms with Crippen LogP contribution in [0.2, 0.25) is 5.02 Å². The number of rotatable bonds is 2. The number of nitrogens with one attached hydrogen (secondary N) is 1. The van der Waals surface area contributed by atoms with Gasteiger partial charge < -0.3 is 5.11 Å². The molecule has 0 atom stereocenters.